The molecule has 0 aliphatic heterocycles. The van der Waals surface area contributed by atoms with E-state index in [0.717, 1.165) is 0 Å². The Bertz CT molecular complexity index is 519. The van der Waals surface area contributed by atoms with Gasteiger partial charge in [0, 0.05) is 34.8 Å². The van der Waals surface area contributed by atoms with E-state index in [9.17, 15) is 14.9 Å². The summed E-state index contributed by atoms with van der Waals surface area (Å²) in [6.45, 7) is 4.01. The van der Waals surface area contributed by atoms with Crippen molar-refractivity contribution in [3.8, 4) is 0 Å². The fourth-order valence-electron chi connectivity index (χ4n) is 1.68. The van der Waals surface area contributed by atoms with Crippen molar-refractivity contribution in [2.24, 2.45) is 5.92 Å². The van der Waals surface area contributed by atoms with E-state index >= 15 is 0 Å². The average molecular weight is 345 g/mol. The van der Waals surface area contributed by atoms with Crippen LogP contribution in [0.2, 0.25) is 0 Å². The Morgan fingerprint density at radius 1 is 1.55 bits per heavy atom. The second-order valence-electron chi connectivity index (χ2n) is 4.69. The molecule has 0 saturated heterocycles. The number of carbonyl (C=O) groups is 1. The van der Waals surface area contributed by atoms with Gasteiger partial charge >= 0.3 is 0 Å². The first-order valence-electron chi connectivity index (χ1n) is 6.20. The van der Waals surface area contributed by atoms with Crippen LogP contribution in [0.4, 0.5) is 5.69 Å². The van der Waals surface area contributed by atoms with Gasteiger partial charge in [0.25, 0.3) is 11.6 Å². The third-order valence-electron chi connectivity index (χ3n) is 3.01. The predicted molar refractivity (Wildman–Crippen MR) is 78.7 cm³/mol. The summed E-state index contributed by atoms with van der Waals surface area (Å²) >= 11 is 3.22. The van der Waals surface area contributed by atoms with Crippen LogP contribution in [-0.2, 0) is 0 Å². The van der Waals surface area contributed by atoms with Crippen LogP contribution >= 0.6 is 15.9 Å². The zero-order chi connectivity index (χ0) is 15.3. The molecule has 1 amide bonds. The fraction of sp³-hybridized carbons (Fsp3) is 0.462. The molecule has 0 fully saturated rings. The lowest BCUT2D eigenvalue weighted by Crippen LogP contribution is -2.28. The molecular formula is C13H17BrN2O4. The molecule has 0 spiro atoms. The summed E-state index contributed by atoms with van der Waals surface area (Å²) in [4.78, 5) is 22.4. The van der Waals surface area contributed by atoms with Crippen LogP contribution in [0.3, 0.4) is 0 Å². The van der Waals surface area contributed by atoms with Crippen LogP contribution in [-0.4, -0.2) is 29.1 Å². The number of hydrogen-bond acceptors (Lipinski definition) is 4. The van der Waals surface area contributed by atoms with E-state index in [1.54, 1.807) is 13.0 Å². The molecule has 1 atom stereocenters. The van der Waals surface area contributed by atoms with Gasteiger partial charge in [-0.2, -0.15) is 0 Å². The lowest BCUT2D eigenvalue weighted by atomic mass is 10.1. The quantitative estimate of drug-likeness (QED) is 0.612. The fourth-order valence-corrected chi connectivity index (χ4v) is 2.13. The number of hydrogen-bond donors (Lipinski definition) is 2. The Labute approximate surface area is 125 Å². The van der Waals surface area contributed by atoms with Crippen molar-refractivity contribution in [1.82, 2.24) is 5.32 Å². The molecule has 0 aliphatic carbocycles. The van der Waals surface area contributed by atoms with Crippen LogP contribution in [0.1, 0.15) is 29.3 Å². The zero-order valence-electron chi connectivity index (χ0n) is 11.4. The highest BCUT2D eigenvalue weighted by atomic mass is 79.9. The summed E-state index contributed by atoms with van der Waals surface area (Å²) in [5, 5.41) is 22.4. The predicted octanol–water partition coefficient (Wildman–Crippen LogP) is 2.41. The number of carbonyl (C=O) groups excluding carboxylic acids is 1. The molecule has 1 unspecified atom stereocenters. The maximum atomic E-state index is 12.0. The standard InChI is InChI=1S/C13H17BrN2O4/c1-8(3-4-17)7-15-13(18)10-5-11(14)9(2)12(6-10)16(19)20/h5-6,8,17H,3-4,7H2,1-2H3,(H,15,18). The summed E-state index contributed by atoms with van der Waals surface area (Å²) < 4.78 is 0.528. The van der Waals surface area contributed by atoms with Crippen molar-refractivity contribution < 1.29 is 14.8 Å². The number of nitrogens with one attached hydrogen (secondary N) is 1. The highest BCUT2D eigenvalue weighted by molar-refractivity contribution is 9.10. The van der Waals surface area contributed by atoms with Crippen LogP contribution in [0.15, 0.2) is 16.6 Å². The SMILES string of the molecule is Cc1c(Br)cc(C(=O)NCC(C)CCO)cc1[N+](=O)[O-]. The number of nitro groups is 1. The first-order valence-corrected chi connectivity index (χ1v) is 6.99. The normalized spacial score (nSPS) is 12.0. The van der Waals surface area contributed by atoms with E-state index < -0.39 is 4.92 Å². The van der Waals surface area contributed by atoms with E-state index in [0.29, 0.717) is 23.0 Å². The molecule has 1 aromatic rings. The van der Waals surface area contributed by atoms with Crippen LogP contribution in [0, 0.1) is 23.0 Å². The van der Waals surface area contributed by atoms with Gasteiger partial charge in [-0.25, -0.2) is 0 Å². The van der Waals surface area contributed by atoms with Crippen molar-refractivity contribution in [2.75, 3.05) is 13.2 Å². The second kappa shape index (κ2) is 7.35. The smallest absolute Gasteiger partial charge is 0.274 e. The minimum Gasteiger partial charge on any atom is -0.396 e. The van der Waals surface area contributed by atoms with E-state index in [1.165, 1.54) is 6.07 Å². The van der Waals surface area contributed by atoms with Crippen molar-refractivity contribution >= 4 is 27.5 Å². The van der Waals surface area contributed by atoms with Crippen LogP contribution in [0.25, 0.3) is 0 Å². The van der Waals surface area contributed by atoms with Crippen molar-refractivity contribution in [3.05, 3.63) is 37.8 Å². The molecule has 0 heterocycles. The summed E-state index contributed by atoms with van der Waals surface area (Å²) in [6.07, 6.45) is 0.595. The molecule has 7 heteroatoms. The van der Waals surface area contributed by atoms with Gasteiger partial charge < -0.3 is 10.4 Å². The lowest BCUT2D eigenvalue weighted by molar-refractivity contribution is -0.385. The highest BCUT2D eigenvalue weighted by Gasteiger charge is 2.18. The molecule has 1 rings (SSSR count). The Hall–Kier alpha value is -1.47. The third-order valence-corrected chi connectivity index (χ3v) is 3.83. The average Bonchev–Trinajstić information content (AvgIpc) is 2.38. The lowest BCUT2D eigenvalue weighted by Gasteiger charge is -2.11. The van der Waals surface area contributed by atoms with E-state index in [1.807, 2.05) is 6.92 Å². The Kier molecular flexibility index (Phi) is 6.09. The van der Waals surface area contributed by atoms with Crippen molar-refractivity contribution in [3.63, 3.8) is 0 Å². The van der Waals surface area contributed by atoms with Gasteiger partial charge in [0.2, 0.25) is 0 Å². The van der Waals surface area contributed by atoms with Gasteiger partial charge in [-0.1, -0.05) is 22.9 Å². The number of rotatable bonds is 6. The van der Waals surface area contributed by atoms with E-state index in [-0.39, 0.29) is 29.7 Å². The Balaban J connectivity index is 2.86. The molecule has 6 nitrogen and oxygen atoms in total. The number of aliphatic hydroxyl groups is 1. The topological polar surface area (TPSA) is 92.5 Å². The van der Waals surface area contributed by atoms with E-state index in [2.05, 4.69) is 21.2 Å². The summed E-state index contributed by atoms with van der Waals surface area (Å²) in [7, 11) is 0. The number of halogens is 1. The summed E-state index contributed by atoms with van der Waals surface area (Å²) in [5.74, 6) is -0.216. The summed E-state index contributed by atoms with van der Waals surface area (Å²) in [6, 6.07) is 2.83. The van der Waals surface area contributed by atoms with Gasteiger partial charge in [-0.05, 0) is 25.3 Å². The number of amides is 1. The molecule has 0 radical (unpaired) electrons. The monoisotopic (exact) mass is 344 g/mol. The third kappa shape index (κ3) is 4.28. The molecule has 2 N–H and O–H groups in total. The number of aliphatic hydroxyl groups excluding tert-OH is 1. The maximum Gasteiger partial charge on any atom is 0.274 e. The number of nitrogens with zero attached hydrogens (tertiary/aromatic N) is 1. The zero-order valence-corrected chi connectivity index (χ0v) is 12.9. The highest BCUT2D eigenvalue weighted by Crippen LogP contribution is 2.27. The minimum absolute atomic E-state index is 0.0680. The number of nitro benzene ring substituents is 1. The largest absolute Gasteiger partial charge is 0.396 e. The second-order valence-corrected chi connectivity index (χ2v) is 5.54. The first-order chi connectivity index (χ1) is 9.36. The molecule has 0 aromatic heterocycles. The Morgan fingerprint density at radius 2 is 2.20 bits per heavy atom. The van der Waals surface area contributed by atoms with Gasteiger partial charge in [0.1, 0.15) is 0 Å². The van der Waals surface area contributed by atoms with Crippen LogP contribution in [0.5, 0.6) is 0 Å². The molecule has 0 bridgehead atoms. The van der Waals surface area contributed by atoms with Gasteiger partial charge in [0.05, 0.1) is 4.92 Å². The Morgan fingerprint density at radius 3 is 2.75 bits per heavy atom. The molecule has 110 valence electrons. The molecule has 0 aliphatic rings. The van der Waals surface area contributed by atoms with E-state index in [4.69, 9.17) is 5.11 Å². The molecule has 0 saturated carbocycles. The van der Waals surface area contributed by atoms with Gasteiger partial charge in [0.15, 0.2) is 0 Å². The van der Waals surface area contributed by atoms with Gasteiger partial charge in [-0.15, -0.1) is 0 Å². The summed E-state index contributed by atoms with van der Waals surface area (Å²) in [5.41, 5.74) is 0.638. The number of benzene rings is 1. The van der Waals surface area contributed by atoms with Gasteiger partial charge in [-0.3, -0.25) is 14.9 Å². The van der Waals surface area contributed by atoms with Crippen molar-refractivity contribution in [1.29, 1.82) is 0 Å². The van der Waals surface area contributed by atoms with Crippen LogP contribution < -0.4 is 5.32 Å². The molecular weight excluding hydrogens is 328 g/mol. The maximum absolute atomic E-state index is 12.0. The first kappa shape index (κ1) is 16.6. The minimum atomic E-state index is -0.509. The molecule has 1 aromatic carbocycles. The van der Waals surface area contributed by atoms with Crippen molar-refractivity contribution in [2.45, 2.75) is 20.3 Å². The molecule has 20 heavy (non-hydrogen) atoms.